The molecule has 3 amide bonds. The molecule has 0 aliphatic rings. The van der Waals surface area contributed by atoms with Crippen LogP contribution < -0.4 is 11.1 Å². The molecule has 78 valence electrons. The number of hydrogen-bond donors (Lipinski definition) is 2. The standard InChI is InChI=1S/C10H10N2O3/c1-6-4-2-3-5-7(6)9(14)12-10(15)8(11)13/h2-5H,1H3,(H2,11,13)(H,12,14,15). The summed E-state index contributed by atoms with van der Waals surface area (Å²) in [6.45, 7) is 1.73. The van der Waals surface area contributed by atoms with Crippen LogP contribution in [0.4, 0.5) is 0 Å². The van der Waals surface area contributed by atoms with Crippen LogP contribution in [0.2, 0.25) is 0 Å². The first-order chi connectivity index (χ1) is 7.02. The Kier molecular flexibility index (Phi) is 3.17. The van der Waals surface area contributed by atoms with Gasteiger partial charge in [0.2, 0.25) is 0 Å². The maximum atomic E-state index is 11.4. The van der Waals surface area contributed by atoms with E-state index < -0.39 is 17.7 Å². The summed E-state index contributed by atoms with van der Waals surface area (Å²) in [7, 11) is 0. The van der Waals surface area contributed by atoms with E-state index in [0.717, 1.165) is 0 Å². The lowest BCUT2D eigenvalue weighted by atomic mass is 10.1. The number of amides is 3. The summed E-state index contributed by atoms with van der Waals surface area (Å²) in [6, 6.07) is 6.71. The van der Waals surface area contributed by atoms with Gasteiger partial charge in [0.05, 0.1) is 0 Å². The fourth-order valence-electron chi connectivity index (χ4n) is 1.06. The summed E-state index contributed by atoms with van der Waals surface area (Å²) in [5.41, 5.74) is 5.75. The second kappa shape index (κ2) is 4.36. The van der Waals surface area contributed by atoms with E-state index in [4.69, 9.17) is 5.73 Å². The highest BCUT2D eigenvalue weighted by Gasteiger charge is 2.15. The van der Waals surface area contributed by atoms with Crippen molar-refractivity contribution in [2.75, 3.05) is 0 Å². The molecule has 0 saturated carbocycles. The molecule has 0 aromatic heterocycles. The Bertz CT molecular complexity index is 426. The lowest BCUT2D eigenvalue weighted by molar-refractivity contribution is -0.136. The van der Waals surface area contributed by atoms with Crippen molar-refractivity contribution in [2.45, 2.75) is 6.92 Å². The van der Waals surface area contributed by atoms with Gasteiger partial charge in [0.15, 0.2) is 0 Å². The largest absolute Gasteiger partial charge is 0.361 e. The smallest absolute Gasteiger partial charge is 0.315 e. The molecule has 0 atom stereocenters. The first-order valence-corrected chi connectivity index (χ1v) is 4.23. The van der Waals surface area contributed by atoms with E-state index in [9.17, 15) is 14.4 Å². The molecule has 0 unspecified atom stereocenters. The van der Waals surface area contributed by atoms with E-state index in [2.05, 4.69) is 0 Å². The average Bonchev–Trinajstić information content (AvgIpc) is 2.18. The van der Waals surface area contributed by atoms with Gasteiger partial charge in [0.25, 0.3) is 5.91 Å². The number of imide groups is 1. The quantitative estimate of drug-likeness (QED) is 0.620. The van der Waals surface area contributed by atoms with E-state index in [-0.39, 0.29) is 0 Å². The molecule has 0 aliphatic heterocycles. The number of primary amides is 1. The number of nitrogens with two attached hydrogens (primary N) is 1. The molecule has 0 fully saturated rings. The maximum Gasteiger partial charge on any atom is 0.315 e. The van der Waals surface area contributed by atoms with Crippen molar-refractivity contribution in [3.05, 3.63) is 35.4 Å². The normalized spacial score (nSPS) is 9.40. The minimum atomic E-state index is -1.18. The van der Waals surface area contributed by atoms with Gasteiger partial charge in [-0.25, -0.2) is 0 Å². The fourth-order valence-corrected chi connectivity index (χ4v) is 1.06. The minimum absolute atomic E-state index is 0.340. The molecule has 0 radical (unpaired) electrons. The summed E-state index contributed by atoms with van der Waals surface area (Å²) in [6.07, 6.45) is 0. The molecular formula is C10H10N2O3. The van der Waals surface area contributed by atoms with Crippen LogP contribution >= 0.6 is 0 Å². The molecule has 1 aromatic rings. The number of rotatable bonds is 1. The van der Waals surface area contributed by atoms with Gasteiger partial charge in [-0.1, -0.05) is 18.2 Å². The second-order valence-corrected chi connectivity index (χ2v) is 2.96. The molecule has 0 saturated heterocycles. The summed E-state index contributed by atoms with van der Waals surface area (Å²) in [4.78, 5) is 32.7. The van der Waals surface area contributed by atoms with Crippen LogP contribution in [0.3, 0.4) is 0 Å². The number of carbonyl (C=O) groups is 3. The average molecular weight is 206 g/mol. The van der Waals surface area contributed by atoms with Gasteiger partial charge in [-0.3, -0.25) is 19.7 Å². The van der Waals surface area contributed by atoms with Crippen molar-refractivity contribution in [3.63, 3.8) is 0 Å². The van der Waals surface area contributed by atoms with Crippen LogP contribution in [-0.2, 0) is 9.59 Å². The van der Waals surface area contributed by atoms with Crippen molar-refractivity contribution in [2.24, 2.45) is 5.73 Å². The zero-order chi connectivity index (χ0) is 11.4. The lowest BCUT2D eigenvalue weighted by Gasteiger charge is -2.04. The zero-order valence-electron chi connectivity index (χ0n) is 8.11. The number of carbonyl (C=O) groups excluding carboxylic acids is 3. The number of aryl methyl sites for hydroxylation is 1. The van der Waals surface area contributed by atoms with Crippen LogP contribution in [0, 0.1) is 6.92 Å². The second-order valence-electron chi connectivity index (χ2n) is 2.96. The van der Waals surface area contributed by atoms with Gasteiger partial charge in [-0.2, -0.15) is 0 Å². The van der Waals surface area contributed by atoms with Gasteiger partial charge in [0.1, 0.15) is 0 Å². The minimum Gasteiger partial charge on any atom is -0.361 e. The van der Waals surface area contributed by atoms with Crippen LogP contribution in [0.1, 0.15) is 15.9 Å². The van der Waals surface area contributed by atoms with E-state index in [1.54, 1.807) is 31.2 Å². The molecule has 5 nitrogen and oxygen atoms in total. The summed E-state index contributed by atoms with van der Waals surface area (Å²) < 4.78 is 0. The monoisotopic (exact) mass is 206 g/mol. The van der Waals surface area contributed by atoms with Crippen LogP contribution in [0.15, 0.2) is 24.3 Å². The highest BCUT2D eigenvalue weighted by molar-refractivity contribution is 6.38. The van der Waals surface area contributed by atoms with Crippen molar-refractivity contribution in [1.29, 1.82) is 0 Å². The summed E-state index contributed by atoms with van der Waals surface area (Å²) in [5, 5.41) is 1.88. The van der Waals surface area contributed by atoms with Crippen molar-refractivity contribution in [1.82, 2.24) is 5.32 Å². The van der Waals surface area contributed by atoms with Gasteiger partial charge < -0.3 is 5.73 Å². The van der Waals surface area contributed by atoms with Crippen molar-refractivity contribution < 1.29 is 14.4 Å². The molecule has 1 rings (SSSR count). The van der Waals surface area contributed by atoms with E-state index >= 15 is 0 Å². The summed E-state index contributed by atoms with van der Waals surface area (Å²) >= 11 is 0. The first-order valence-electron chi connectivity index (χ1n) is 4.23. The SMILES string of the molecule is Cc1ccccc1C(=O)NC(=O)C(N)=O. The Morgan fingerprint density at radius 2 is 1.80 bits per heavy atom. The topological polar surface area (TPSA) is 89.3 Å². The van der Waals surface area contributed by atoms with Gasteiger partial charge >= 0.3 is 11.8 Å². The lowest BCUT2D eigenvalue weighted by Crippen LogP contribution is -2.39. The molecule has 0 heterocycles. The summed E-state index contributed by atoms with van der Waals surface area (Å²) in [5.74, 6) is -2.92. The Morgan fingerprint density at radius 3 is 2.33 bits per heavy atom. The molecule has 15 heavy (non-hydrogen) atoms. The molecule has 0 bridgehead atoms. The first kappa shape index (κ1) is 10.9. The van der Waals surface area contributed by atoms with E-state index in [1.165, 1.54) is 0 Å². The third-order valence-electron chi connectivity index (χ3n) is 1.84. The van der Waals surface area contributed by atoms with Crippen LogP contribution in [-0.4, -0.2) is 17.7 Å². The molecule has 3 N–H and O–H groups in total. The van der Waals surface area contributed by atoms with Gasteiger partial charge in [-0.05, 0) is 18.6 Å². The highest BCUT2D eigenvalue weighted by atomic mass is 16.2. The van der Waals surface area contributed by atoms with E-state index in [0.29, 0.717) is 11.1 Å². The zero-order valence-corrected chi connectivity index (χ0v) is 8.11. The van der Waals surface area contributed by atoms with Crippen LogP contribution in [0.25, 0.3) is 0 Å². The Hall–Kier alpha value is -2.17. The predicted molar refractivity (Wildman–Crippen MR) is 52.8 cm³/mol. The van der Waals surface area contributed by atoms with Crippen LogP contribution in [0.5, 0.6) is 0 Å². The van der Waals surface area contributed by atoms with Crippen molar-refractivity contribution in [3.8, 4) is 0 Å². The molecule has 1 aromatic carbocycles. The fraction of sp³-hybridized carbons (Fsp3) is 0.100. The molecule has 5 heteroatoms. The van der Waals surface area contributed by atoms with E-state index in [1.807, 2.05) is 5.32 Å². The molecule has 0 spiro atoms. The van der Waals surface area contributed by atoms with Crippen molar-refractivity contribution >= 4 is 17.7 Å². The third kappa shape index (κ3) is 2.63. The number of nitrogens with one attached hydrogen (secondary N) is 1. The maximum absolute atomic E-state index is 11.4. The number of benzene rings is 1. The molecule has 0 aliphatic carbocycles. The Morgan fingerprint density at radius 1 is 1.20 bits per heavy atom. The predicted octanol–water partition coefficient (Wildman–Crippen LogP) is -0.263. The Labute approximate surface area is 86.3 Å². The number of hydrogen-bond acceptors (Lipinski definition) is 3. The molecular weight excluding hydrogens is 196 g/mol. The van der Waals surface area contributed by atoms with Gasteiger partial charge in [-0.15, -0.1) is 0 Å². The van der Waals surface area contributed by atoms with Gasteiger partial charge in [0, 0.05) is 5.56 Å². The highest BCUT2D eigenvalue weighted by Crippen LogP contribution is 2.05. The third-order valence-corrected chi connectivity index (χ3v) is 1.84. The Balaban J connectivity index is 2.83.